The normalized spacial score (nSPS) is 33.4. The Morgan fingerprint density at radius 3 is 2.27 bits per heavy atom. The molecular weight excluding hydrogens is 194 g/mol. The van der Waals surface area contributed by atoms with E-state index >= 15 is 0 Å². The summed E-state index contributed by atoms with van der Waals surface area (Å²) < 4.78 is 5.29. The molecule has 1 aliphatic heterocycles. The highest BCUT2D eigenvalue weighted by atomic mass is 16.5. The maximum Gasteiger partial charge on any atom is 0.253 e. The standard InChI is InChI=1S/C11H15NO3/c1-11(2)7(6-8(11)15-3)12-9(13)4-5-10(12)14/h4-5,7-8H,6H2,1-3H3. The minimum Gasteiger partial charge on any atom is -0.381 e. The molecule has 2 aliphatic rings. The van der Waals surface area contributed by atoms with Crippen LogP contribution in [0.5, 0.6) is 0 Å². The largest absolute Gasteiger partial charge is 0.381 e. The lowest BCUT2D eigenvalue weighted by atomic mass is 9.63. The van der Waals surface area contributed by atoms with Gasteiger partial charge < -0.3 is 4.74 Å². The quantitative estimate of drug-likeness (QED) is 0.630. The number of hydrogen-bond donors (Lipinski definition) is 0. The van der Waals surface area contributed by atoms with Crippen molar-refractivity contribution in [2.75, 3.05) is 7.11 Å². The van der Waals surface area contributed by atoms with Crippen molar-refractivity contribution < 1.29 is 14.3 Å². The summed E-state index contributed by atoms with van der Waals surface area (Å²) in [5, 5.41) is 0. The van der Waals surface area contributed by atoms with Crippen LogP contribution >= 0.6 is 0 Å². The highest BCUT2D eigenvalue weighted by molar-refractivity contribution is 6.13. The van der Waals surface area contributed by atoms with Gasteiger partial charge in [0.1, 0.15) is 0 Å². The number of carbonyl (C=O) groups is 2. The fraction of sp³-hybridized carbons (Fsp3) is 0.636. The van der Waals surface area contributed by atoms with Crippen molar-refractivity contribution in [2.24, 2.45) is 5.41 Å². The monoisotopic (exact) mass is 209 g/mol. The van der Waals surface area contributed by atoms with E-state index in [0.717, 1.165) is 6.42 Å². The van der Waals surface area contributed by atoms with Crippen molar-refractivity contribution >= 4 is 11.8 Å². The molecule has 0 saturated heterocycles. The highest BCUT2D eigenvalue weighted by Gasteiger charge is 2.54. The molecule has 1 fully saturated rings. The zero-order valence-corrected chi connectivity index (χ0v) is 9.19. The topological polar surface area (TPSA) is 46.6 Å². The molecule has 0 bridgehead atoms. The number of carbonyl (C=O) groups excluding carboxylic acids is 2. The summed E-state index contributed by atoms with van der Waals surface area (Å²) in [6.07, 6.45) is 3.53. The molecule has 0 spiro atoms. The van der Waals surface area contributed by atoms with Crippen molar-refractivity contribution in [3.05, 3.63) is 12.2 Å². The van der Waals surface area contributed by atoms with E-state index in [-0.39, 0.29) is 29.4 Å². The van der Waals surface area contributed by atoms with Crippen LogP contribution < -0.4 is 0 Å². The van der Waals surface area contributed by atoms with Crippen LogP contribution in [-0.2, 0) is 14.3 Å². The average Bonchev–Trinajstić information content (AvgIpc) is 2.48. The summed E-state index contributed by atoms with van der Waals surface area (Å²) in [6.45, 7) is 4.04. The Kier molecular flexibility index (Phi) is 2.19. The number of hydrogen-bond acceptors (Lipinski definition) is 3. The molecule has 2 unspecified atom stereocenters. The predicted octanol–water partition coefficient (Wildman–Crippen LogP) is 0.725. The van der Waals surface area contributed by atoms with E-state index in [1.54, 1.807) is 7.11 Å². The van der Waals surface area contributed by atoms with Gasteiger partial charge in [0.2, 0.25) is 0 Å². The molecule has 4 heteroatoms. The first-order valence-corrected chi connectivity index (χ1v) is 5.06. The number of ether oxygens (including phenoxy) is 1. The lowest BCUT2D eigenvalue weighted by Crippen LogP contribution is -2.63. The van der Waals surface area contributed by atoms with Crippen molar-refractivity contribution in [3.8, 4) is 0 Å². The van der Waals surface area contributed by atoms with E-state index in [0.29, 0.717) is 0 Å². The third-order valence-corrected chi connectivity index (χ3v) is 3.57. The van der Waals surface area contributed by atoms with Crippen LogP contribution in [0.25, 0.3) is 0 Å². The van der Waals surface area contributed by atoms with Gasteiger partial charge in [0.15, 0.2) is 0 Å². The molecule has 4 nitrogen and oxygen atoms in total. The maximum absolute atomic E-state index is 11.5. The van der Waals surface area contributed by atoms with E-state index in [2.05, 4.69) is 0 Å². The third-order valence-electron chi connectivity index (χ3n) is 3.57. The van der Waals surface area contributed by atoms with Crippen molar-refractivity contribution in [1.29, 1.82) is 0 Å². The molecule has 82 valence electrons. The minimum absolute atomic E-state index is 0.0301. The average molecular weight is 209 g/mol. The number of methoxy groups -OCH3 is 1. The third kappa shape index (κ3) is 1.32. The second-order valence-corrected chi connectivity index (χ2v) is 4.68. The summed E-state index contributed by atoms with van der Waals surface area (Å²) in [7, 11) is 1.66. The van der Waals surface area contributed by atoms with Gasteiger partial charge >= 0.3 is 0 Å². The smallest absolute Gasteiger partial charge is 0.253 e. The van der Waals surface area contributed by atoms with Crippen LogP contribution in [0.4, 0.5) is 0 Å². The van der Waals surface area contributed by atoms with Gasteiger partial charge in [-0.25, -0.2) is 0 Å². The van der Waals surface area contributed by atoms with Crippen molar-refractivity contribution in [2.45, 2.75) is 32.4 Å². The molecule has 15 heavy (non-hydrogen) atoms. The van der Waals surface area contributed by atoms with E-state index < -0.39 is 0 Å². The Morgan fingerprint density at radius 1 is 1.33 bits per heavy atom. The first-order chi connectivity index (χ1) is 6.98. The van der Waals surface area contributed by atoms with Gasteiger partial charge in [-0.15, -0.1) is 0 Å². The minimum atomic E-state index is -0.201. The Balaban J connectivity index is 2.15. The molecule has 0 aromatic heterocycles. The Labute approximate surface area is 88.9 Å². The zero-order valence-electron chi connectivity index (χ0n) is 9.19. The molecule has 2 rings (SSSR count). The highest BCUT2D eigenvalue weighted by Crippen LogP contribution is 2.46. The summed E-state index contributed by atoms with van der Waals surface area (Å²) in [4.78, 5) is 24.3. The molecule has 1 saturated carbocycles. The molecule has 0 aromatic rings. The van der Waals surface area contributed by atoms with E-state index in [1.807, 2.05) is 13.8 Å². The van der Waals surface area contributed by atoms with Crippen LogP contribution in [-0.4, -0.2) is 36.0 Å². The zero-order chi connectivity index (χ0) is 11.2. The molecule has 0 radical (unpaired) electrons. The number of nitrogens with zero attached hydrogens (tertiary/aromatic N) is 1. The van der Waals surface area contributed by atoms with Gasteiger partial charge in [0.25, 0.3) is 11.8 Å². The van der Waals surface area contributed by atoms with Gasteiger partial charge in [-0.05, 0) is 6.42 Å². The fourth-order valence-corrected chi connectivity index (χ4v) is 2.42. The molecule has 0 aromatic carbocycles. The van der Waals surface area contributed by atoms with Gasteiger partial charge in [0, 0.05) is 24.7 Å². The Hall–Kier alpha value is -1.16. The van der Waals surface area contributed by atoms with Gasteiger partial charge in [-0.2, -0.15) is 0 Å². The van der Waals surface area contributed by atoms with Crippen LogP contribution in [0, 0.1) is 5.41 Å². The summed E-state index contributed by atoms with van der Waals surface area (Å²) in [5.74, 6) is -0.403. The molecule has 2 amide bonds. The van der Waals surface area contributed by atoms with Crippen LogP contribution in [0.15, 0.2) is 12.2 Å². The lowest BCUT2D eigenvalue weighted by Gasteiger charge is -2.53. The summed E-state index contributed by atoms with van der Waals surface area (Å²) in [6, 6.07) is -0.0301. The Bertz CT molecular complexity index is 328. The molecular formula is C11H15NO3. The van der Waals surface area contributed by atoms with Gasteiger partial charge in [0.05, 0.1) is 12.1 Å². The molecule has 1 heterocycles. The van der Waals surface area contributed by atoms with Crippen molar-refractivity contribution in [1.82, 2.24) is 4.90 Å². The molecule has 2 atom stereocenters. The van der Waals surface area contributed by atoms with Crippen LogP contribution in [0.1, 0.15) is 20.3 Å². The predicted molar refractivity (Wildman–Crippen MR) is 54.0 cm³/mol. The van der Waals surface area contributed by atoms with Gasteiger partial charge in [-0.3, -0.25) is 14.5 Å². The van der Waals surface area contributed by atoms with E-state index in [4.69, 9.17) is 4.74 Å². The van der Waals surface area contributed by atoms with Crippen LogP contribution in [0.2, 0.25) is 0 Å². The van der Waals surface area contributed by atoms with E-state index in [9.17, 15) is 9.59 Å². The number of amides is 2. The number of rotatable bonds is 2. The second kappa shape index (κ2) is 3.17. The van der Waals surface area contributed by atoms with Gasteiger partial charge in [-0.1, -0.05) is 13.8 Å². The SMILES string of the molecule is COC1CC(N2C(=O)C=CC2=O)C1(C)C. The van der Waals surface area contributed by atoms with E-state index in [1.165, 1.54) is 17.1 Å². The molecule has 0 N–H and O–H groups in total. The Morgan fingerprint density at radius 2 is 1.87 bits per heavy atom. The molecule has 1 aliphatic carbocycles. The first kappa shape index (κ1) is 10.4. The second-order valence-electron chi connectivity index (χ2n) is 4.68. The fourth-order valence-electron chi connectivity index (χ4n) is 2.42. The maximum atomic E-state index is 11.5. The lowest BCUT2D eigenvalue weighted by molar-refractivity contribution is -0.165. The first-order valence-electron chi connectivity index (χ1n) is 5.06. The summed E-state index contributed by atoms with van der Waals surface area (Å²) >= 11 is 0. The van der Waals surface area contributed by atoms with Crippen LogP contribution in [0.3, 0.4) is 0 Å². The number of imide groups is 1. The summed E-state index contributed by atoms with van der Waals surface area (Å²) in [5.41, 5.74) is -0.147. The van der Waals surface area contributed by atoms with Crippen molar-refractivity contribution in [3.63, 3.8) is 0 Å².